The van der Waals surface area contributed by atoms with Crippen LogP contribution in [0.25, 0.3) is 0 Å². The zero-order valence-corrected chi connectivity index (χ0v) is 14.6. The number of nitrogens with one attached hydrogen (secondary N) is 1. The molecular weight excluding hydrogens is 396 g/mol. The molecule has 1 aliphatic rings. The Balaban J connectivity index is 1.84. The molecule has 2 heterocycles. The Morgan fingerprint density at radius 2 is 2.17 bits per heavy atom. The molecule has 0 aliphatic carbocycles. The maximum absolute atomic E-state index is 12.1. The Morgan fingerprint density at radius 3 is 2.92 bits per heavy atom. The van der Waals surface area contributed by atoms with Crippen LogP contribution in [0.3, 0.4) is 0 Å². The first kappa shape index (κ1) is 16.6. The minimum absolute atomic E-state index is 0.109. The van der Waals surface area contributed by atoms with Gasteiger partial charge in [-0.05, 0) is 23.8 Å². The normalized spacial score (nSPS) is 17.1. The monoisotopic (exact) mass is 406 g/mol. The maximum Gasteiger partial charge on any atom is 0.301 e. The molecule has 1 aromatic heterocycles. The molecule has 0 saturated carbocycles. The molecule has 1 amide bonds. The predicted molar refractivity (Wildman–Crippen MR) is 94.0 cm³/mol. The first-order valence-corrected chi connectivity index (χ1v) is 8.60. The van der Waals surface area contributed by atoms with Crippen molar-refractivity contribution in [2.45, 2.75) is 16.7 Å². The summed E-state index contributed by atoms with van der Waals surface area (Å²) in [6.07, 6.45) is 1.83. The molecule has 1 unspecified atom stereocenters. The number of carbonyl (C=O) groups is 1. The molecule has 0 saturated heterocycles. The van der Waals surface area contributed by atoms with Crippen LogP contribution >= 0.6 is 27.7 Å². The Bertz CT molecular complexity index is 843. The number of benzene rings is 1. The number of nitro groups is 1. The summed E-state index contributed by atoms with van der Waals surface area (Å²) in [5, 5.41) is 14.9. The fourth-order valence-electron chi connectivity index (χ4n) is 2.20. The molecule has 7 nitrogen and oxygen atoms in total. The molecule has 0 spiro atoms. The fraction of sp³-hybridized carbons (Fsp3) is 0.133. The van der Waals surface area contributed by atoms with E-state index < -0.39 is 10.2 Å². The van der Waals surface area contributed by atoms with Crippen LogP contribution in [0.1, 0.15) is 12.0 Å². The number of carbonyl (C=O) groups excluding carboxylic acids is 1. The van der Waals surface area contributed by atoms with E-state index in [1.807, 2.05) is 24.3 Å². The summed E-state index contributed by atoms with van der Waals surface area (Å²) < 4.78 is 0.907. The van der Waals surface area contributed by atoms with Crippen molar-refractivity contribution in [2.75, 3.05) is 0 Å². The highest BCUT2D eigenvalue weighted by Gasteiger charge is 2.29. The van der Waals surface area contributed by atoms with Crippen molar-refractivity contribution < 1.29 is 9.72 Å². The maximum atomic E-state index is 12.1. The predicted octanol–water partition coefficient (Wildman–Crippen LogP) is 3.14. The average molecular weight is 407 g/mol. The minimum Gasteiger partial charge on any atom is -0.272 e. The Labute approximate surface area is 149 Å². The van der Waals surface area contributed by atoms with E-state index in [1.165, 1.54) is 18.3 Å². The van der Waals surface area contributed by atoms with Crippen molar-refractivity contribution in [3.8, 4) is 0 Å². The van der Waals surface area contributed by atoms with E-state index in [1.54, 1.807) is 0 Å². The second-order valence-electron chi connectivity index (χ2n) is 4.94. The highest BCUT2D eigenvalue weighted by atomic mass is 79.9. The number of amides is 1. The summed E-state index contributed by atoms with van der Waals surface area (Å²) in [5.41, 5.74) is 3.97. The van der Waals surface area contributed by atoms with Crippen molar-refractivity contribution in [3.63, 3.8) is 0 Å². The summed E-state index contributed by atoms with van der Waals surface area (Å²) in [7, 11) is 0. The SMILES string of the molecule is O=C1NN=C(c2cccc(Br)c2)CC1Sc1ncccc1[N+](=O)[O-]. The van der Waals surface area contributed by atoms with E-state index in [-0.39, 0.29) is 16.6 Å². The third-order valence-electron chi connectivity index (χ3n) is 3.33. The molecule has 3 rings (SSSR count). The number of halogens is 1. The molecule has 24 heavy (non-hydrogen) atoms. The summed E-state index contributed by atoms with van der Waals surface area (Å²) in [6, 6.07) is 10.4. The highest BCUT2D eigenvalue weighted by molar-refractivity contribution is 9.10. The molecule has 1 aromatic carbocycles. The van der Waals surface area contributed by atoms with Gasteiger partial charge in [-0.25, -0.2) is 10.4 Å². The van der Waals surface area contributed by atoms with Crippen molar-refractivity contribution >= 4 is 45.0 Å². The van der Waals surface area contributed by atoms with Crippen molar-refractivity contribution in [1.29, 1.82) is 0 Å². The molecule has 0 bridgehead atoms. The first-order valence-electron chi connectivity index (χ1n) is 6.93. The van der Waals surface area contributed by atoms with Crippen molar-refractivity contribution in [2.24, 2.45) is 5.10 Å². The van der Waals surface area contributed by atoms with E-state index in [0.29, 0.717) is 12.1 Å². The first-order chi connectivity index (χ1) is 11.5. The van der Waals surface area contributed by atoms with E-state index in [0.717, 1.165) is 21.8 Å². The van der Waals surface area contributed by atoms with Crippen LogP contribution in [-0.4, -0.2) is 26.8 Å². The lowest BCUT2D eigenvalue weighted by Gasteiger charge is -2.20. The third-order valence-corrected chi connectivity index (χ3v) is 5.03. The van der Waals surface area contributed by atoms with E-state index in [2.05, 4.69) is 31.4 Å². The molecule has 1 atom stereocenters. The van der Waals surface area contributed by atoms with Gasteiger partial charge in [-0.2, -0.15) is 5.10 Å². The van der Waals surface area contributed by atoms with Crippen LogP contribution in [0, 0.1) is 10.1 Å². The summed E-state index contributed by atoms with van der Waals surface area (Å²) in [5.74, 6) is -0.293. The van der Waals surface area contributed by atoms with Gasteiger partial charge in [-0.1, -0.05) is 39.8 Å². The molecule has 0 radical (unpaired) electrons. The van der Waals surface area contributed by atoms with Gasteiger partial charge >= 0.3 is 5.69 Å². The van der Waals surface area contributed by atoms with Crippen LogP contribution in [0.15, 0.2) is 57.2 Å². The largest absolute Gasteiger partial charge is 0.301 e. The number of rotatable bonds is 4. The number of hydrogen-bond donors (Lipinski definition) is 1. The topological polar surface area (TPSA) is 97.5 Å². The quantitative estimate of drug-likeness (QED) is 0.621. The number of thioether (sulfide) groups is 1. The third kappa shape index (κ3) is 3.62. The Morgan fingerprint density at radius 1 is 1.33 bits per heavy atom. The lowest BCUT2D eigenvalue weighted by atomic mass is 10.0. The minimum atomic E-state index is -0.537. The van der Waals surface area contributed by atoms with Crippen molar-refractivity contribution in [3.05, 3.63) is 62.7 Å². The van der Waals surface area contributed by atoms with Crippen LogP contribution < -0.4 is 5.43 Å². The molecule has 122 valence electrons. The van der Waals surface area contributed by atoms with Gasteiger partial charge in [0.05, 0.1) is 15.9 Å². The number of hydrogen-bond acceptors (Lipinski definition) is 6. The number of hydrazone groups is 1. The number of pyridine rings is 1. The van der Waals surface area contributed by atoms with Gasteiger partial charge in [0.2, 0.25) is 0 Å². The average Bonchev–Trinajstić information content (AvgIpc) is 2.57. The Hall–Kier alpha value is -2.26. The fourth-order valence-corrected chi connectivity index (χ4v) is 3.66. The lowest BCUT2D eigenvalue weighted by molar-refractivity contribution is -0.388. The van der Waals surface area contributed by atoms with Crippen molar-refractivity contribution in [1.82, 2.24) is 10.4 Å². The Kier molecular flexibility index (Phi) is 4.91. The van der Waals surface area contributed by atoms with Crippen LogP contribution in [0.4, 0.5) is 5.69 Å². The lowest BCUT2D eigenvalue weighted by Crippen LogP contribution is -2.37. The molecule has 2 aromatic rings. The molecule has 1 aliphatic heterocycles. The summed E-state index contributed by atoms with van der Waals surface area (Å²) >= 11 is 4.48. The van der Waals surface area contributed by atoms with Gasteiger partial charge in [-0.3, -0.25) is 14.9 Å². The number of nitrogens with zero attached hydrogens (tertiary/aromatic N) is 3. The van der Waals surface area contributed by atoms with E-state index >= 15 is 0 Å². The second kappa shape index (κ2) is 7.10. The molecule has 0 fully saturated rings. The van der Waals surface area contributed by atoms with E-state index in [9.17, 15) is 14.9 Å². The second-order valence-corrected chi connectivity index (χ2v) is 7.05. The van der Waals surface area contributed by atoms with Gasteiger partial charge in [0.15, 0.2) is 5.03 Å². The van der Waals surface area contributed by atoms with Crippen LogP contribution in [-0.2, 0) is 4.79 Å². The molecular formula is C15H11BrN4O3S. The van der Waals surface area contributed by atoms with Gasteiger partial charge in [0.1, 0.15) is 0 Å². The molecule has 9 heteroatoms. The summed E-state index contributed by atoms with van der Waals surface area (Å²) in [6.45, 7) is 0. The van der Waals surface area contributed by atoms with Gasteiger partial charge < -0.3 is 0 Å². The highest BCUT2D eigenvalue weighted by Crippen LogP contribution is 2.33. The molecule has 1 N–H and O–H groups in total. The van der Waals surface area contributed by atoms with Gasteiger partial charge in [0, 0.05) is 23.2 Å². The van der Waals surface area contributed by atoms with E-state index in [4.69, 9.17) is 0 Å². The summed E-state index contributed by atoms with van der Waals surface area (Å²) in [4.78, 5) is 26.7. The van der Waals surface area contributed by atoms with Crippen LogP contribution in [0.2, 0.25) is 0 Å². The van der Waals surface area contributed by atoms with Gasteiger partial charge in [-0.15, -0.1) is 0 Å². The van der Waals surface area contributed by atoms with Crippen LogP contribution in [0.5, 0.6) is 0 Å². The standard InChI is InChI=1S/C15H11BrN4O3S/c16-10-4-1-3-9(7-10)11-8-13(14(21)19-18-11)24-15-12(20(22)23)5-2-6-17-15/h1-7,13H,8H2,(H,19,21). The number of aromatic nitrogens is 1. The zero-order valence-electron chi connectivity index (χ0n) is 12.2. The zero-order chi connectivity index (χ0) is 17.1. The smallest absolute Gasteiger partial charge is 0.272 e. The van der Waals surface area contributed by atoms with Gasteiger partial charge in [0.25, 0.3) is 5.91 Å².